The number of benzene rings is 1. The predicted octanol–water partition coefficient (Wildman–Crippen LogP) is 3.10. The number of hydroxylamine groups is 2. The number of amides is 1. The van der Waals surface area contributed by atoms with Crippen LogP contribution in [0.25, 0.3) is 5.57 Å². The molecule has 0 saturated carbocycles. The first kappa shape index (κ1) is 18.1. The number of carbonyl (C=O) groups excluding carboxylic acids is 1. The van der Waals surface area contributed by atoms with E-state index in [1.165, 1.54) is 17.0 Å². The van der Waals surface area contributed by atoms with Crippen LogP contribution in [0.5, 0.6) is 0 Å². The van der Waals surface area contributed by atoms with E-state index in [4.69, 9.17) is 4.84 Å². The number of hydrogen-bond acceptors (Lipinski definition) is 5. The fraction of sp³-hybridized carbons (Fsp3) is 0.350. The van der Waals surface area contributed by atoms with Crippen molar-refractivity contribution in [1.82, 2.24) is 15.0 Å². The largest absolute Gasteiger partial charge is 0.503 e. The van der Waals surface area contributed by atoms with E-state index in [-0.39, 0.29) is 12.3 Å². The molecule has 0 radical (unpaired) electrons. The molecule has 6 nitrogen and oxygen atoms in total. The fourth-order valence-corrected chi connectivity index (χ4v) is 2.76. The maximum absolute atomic E-state index is 12.2. The Balaban J connectivity index is 1.74. The van der Waals surface area contributed by atoms with Crippen LogP contribution in [-0.4, -0.2) is 38.2 Å². The monoisotopic (exact) mass is 353 g/mol. The highest BCUT2D eigenvalue weighted by molar-refractivity contribution is 6.02. The lowest BCUT2D eigenvalue weighted by atomic mass is 10.1. The SMILES string of the molecule is CC(C)(C)ON1CC(c2cc(CCc3ccccc3)ncn2)=C(O)C1=O. The molecule has 26 heavy (non-hydrogen) atoms. The summed E-state index contributed by atoms with van der Waals surface area (Å²) in [6.45, 7) is 5.71. The van der Waals surface area contributed by atoms with Crippen molar-refractivity contribution in [3.63, 3.8) is 0 Å². The van der Waals surface area contributed by atoms with E-state index in [1.54, 1.807) is 0 Å². The predicted molar refractivity (Wildman–Crippen MR) is 98.0 cm³/mol. The lowest BCUT2D eigenvalue weighted by Gasteiger charge is -2.26. The van der Waals surface area contributed by atoms with Crippen molar-refractivity contribution in [2.75, 3.05) is 6.54 Å². The van der Waals surface area contributed by atoms with E-state index < -0.39 is 11.5 Å². The molecule has 2 heterocycles. The average molecular weight is 353 g/mol. The maximum atomic E-state index is 12.2. The first-order chi connectivity index (χ1) is 12.3. The van der Waals surface area contributed by atoms with E-state index >= 15 is 0 Å². The van der Waals surface area contributed by atoms with Crippen LogP contribution in [0.2, 0.25) is 0 Å². The van der Waals surface area contributed by atoms with Gasteiger partial charge in [-0.3, -0.25) is 9.63 Å². The minimum atomic E-state index is -0.542. The minimum Gasteiger partial charge on any atom is -0.503 e. The first-order valence-electron chi connectivity index (χ1n) is 8.62. The summed E-state index contributed by atoms with van der Waals surface area (Å²) in [5.41, 5.74) is 2.58. The van der Waals surface area contributed by atoms with Crippen LogP contribution in [0.4, 0.5) is 0 Å². The van der Waals surface area contributed by atoms with Gasteiger partial charge in [-0.15, -0.1) is 0 Å². The number of aromatic nitrogens is 2. The van der Waals surface area contributed by atoms with Crippen molar-refractivity contribution in [2.24, 2.45) is 0 Å². The molecule has 0 aliphatic carbocycles. The summed E-state index contributed by atoms with van der Waals surface area (Å²) in [4.78, 5) is 26.4. The van der Waals surface area contributed by atoms with E-state index in [0.717, 1.165) is 18.5 Å². The topological polar surface area (TPSA) is 75.6 Å². The van der Waals surface area contributed by atoms with Crippen LogP contribution in [0.3, 0.4) is 0 Å². The summed E-state index contributed by atoms with van der Waals surface area (Å²) in [6.07, 6.45) is 3.08. The second-order valence-corrected chi connectivity index (χ2v) is 7.25. The van der Waals surface area contributed by atoms with Gasteiger partial charge < -0.3 is 5.11 Å². The normalized spacial score (nSPS) is 15.0. The number of nitrogens with zero attached hydrogens (tertiary/aromatic N) is 3. The van der Waals surface area contributed by atoms with Crippen molar-refractivity contribution < 1.29 is 14.7 Å². The van der Waals surface area contributed by atoms with Gasteiger partial charge in [0.2, 0.25) is 0 Å². The summed E-state index contributed by atoms with van der Waals surface area (Å²) in [5, 5.41) is 11.4. The Bertz CT molecular complexity index is 826. The number of carbonyl (C=O) groups is 1. The van der Waals surface area contributed by atoms with Crippen LogP contribution in [0.1, 0.15) is 37.7 Å². The second-order valence-electron chi connectivity index (χ2n) is 7.25. The molecular weight excluding hydrogens is 330 g/mol. The van der Waals surface area contributed by atoms with Crippen molar-refractivity contribution in [3.8, 4) is 0 Å². The molecule has 6 heteroatoms. The highest BCUT2D eigenvalue weighted by Crippen LogP contribution is 2.27. The lowest BCUT2D eigenvalue weighted by molar-refractivity contribution is -0.217. The molecule has 3 rings (SSSR count). The molecular formula is C20H23N3O3. The molecule has 136 valence electrons. The van der Waals surface area contributed by atoms with Crippen molar-refractivity contribution in [3.05, 3.63) is 65.4 Å². The van der Waals surface area contributed by atoms with E-state index in [0.29, 0.717) is 11.3 Å². The zero-order valence-electron chi connectivity index (χ0n) is 15.3. The Morgan fingerprint density at radius 1 is 1.15 bits per heavy atom. The number of hydrogen-bond donors (Lipinski definition) is 1. The van der Waals surface area contributed by atoms with Gasteiger partial charge in [-0.25, -0.2) is 15.0 Å². The molecule has 0 atom stereocenters. The van der Waals surface area contributed by atoms with Crippen LogP contribution >= 0.6 is 0 Å². The third kappa shape index (κ3) is 4.26. The summed E-state index contributed by atoms with van der Waals surface area (Å²) >= 11 is 0. The Morgan fingerprint density at radius 3 is 2.58 bits per heavy atom. The molecule has 1 aliphatic rings. The van der Waals surface area contributed by atoms with Gasteiger partial charge in [0.25, 0.3) is 0 Å². The maximum Gasteiger partial charge on any atom is 0.313 e. The Hall–Kier alpha value is -2.73. The van der Waals surface area contributed by atoms with Gasteiger partial charge in [-0.1, -0.05) is 30.3 Å². The zero-order valence-corrected chi connectivity index (χ0v) is 15.3. The Labute approximate surface area is 153 Å². The molecule has 1 aromatic heterocycles. The zero-order chi connectivity index (χ0) is 18.7. The smallest absolute Gasteiger partial charge is 0.313 e. The second kappa shape index (κ2) is 7.25. The number of aliphatic hydroxyl groups excluding tert-OH is 1. The van der Waals surface area contributed by atoms with Gasteiger partial charge in [0.05, 0.1) is 17.8 Å². The Kier molecular flexibility index (Phi) is 5.04. The summed E-state index contributed by atoms with van der Waals surface area (Å²) < 4.78 is 0. The van der Waals surface area contributed by atoms with Crippen LogP contribution < -0.4 is 0 Å². The molecule has 1 aliphatic heterocycles. The van der Waals surface area contributed by atoms with E-state index in [9.17, 15) is 9.90 Å². The van der Waals surface area contributed by atoms with Gasteiger partial charge in [0.15, 0.2) is 5.76 Å². The van der Waals surface area contributed by atoms with Crippen molar-refractivity contribution in [2.45, 2.75) is 39.2 Å². The molecule has 0 bridgehead atoms. The molecule has 2 aromatic rings. The van der Waals surface area contributed by atoms with Crippen LogP contribution in [0.15, 0.2) is 48.5 Å². The highest BCUT2D eigenvalue weighted by atomic mass is 16.7. The van der Waals surface area contributed by atoms with Crippen LogP contribution in [-0.2, 0) is 22.5 Å². The number of aliphatic hydroxyl groups is 1. The van der Waals surface area contributed by atoms with Gasteiger partial charge in [-0.2, -0.15) is 0 Å². The van der Waals surface area contributed by atoms with Gasteiger partial charge in [0, 0.05) is 11.3 Å². The fourth-order valence-electron chi connectivity index (χ4n) is 2.76. The van der Waals surface area contributed by atoms with Gasteiger partial charge in [-0.05, 0) is 45.2 Å². The molecule has 1 N–H and O–H groups in total. The van der Waals surface area contributed by atoms with Crippen molar-refractivity contribution in [1.29, 1.82) is 0 Å². The number of rotatable bonds is 5. The molecule has 0 spiro atoms. The quantitative estimate of drug-likeness (QED) is 0.894. The first-order valence-corrected chi connectivity index (χ1v) is 8.62. The summed E-state index contributed by atoms with van der Waals surface area (Å²) in [5.74, 6) is -0.860. The van der Waals surface area contributed by atoms with Gasteiger partial charge >= 0.3 is 5.91 Å². The molecule has 0 saturated heterocycles. The lowest BCUT2D eigenvalue weighted by Crippen LogP contribution is -2.36. The average Bonchev–Trinajstić information content (AvgIpc) is 2.88. The standard InChI is InChI=1S/C20H23N3O3/c1-20(2,3)26-23-12-16(18(24)19(23)25)17-11-15(21-13-22-17)10-9-14-7-5-4-6-8-14/h4-8,11,13,24H,9-10,12H2,1-3H3. The third-order valence-corrected chi connectivity index (χ3v) is 3.95. The summed E-state index contributed by atoms with van der Waals surface area (Å²) in [6, 6.07) is 12.0. The number of aryl methyl sites for hydroxylation is 2. The van der Waals surface area contributed by atoms with Gasteiger partial charge in [0.1, 0.15) is 6.33 Å². The molecule has 1 amide bonds. The minimum absolute atomic E-state index is 0.164. The Morgan fingerprint density at radius 2 is 1.88 bits per heavy atom. The molecule has 0 fully saturated rings. The van der Waals surface area contributed by atoms with Crippen molar-refractivity contribution >= 4 is 11.5 Å². The third-order valence-electron chi connectivity index (χ3n) is 3.95. The molecule has 1 aromatic carbocycles. The highest BCUT2D eigenvalue weighted by Gasteiger charge is 2.35. The molecule has 0 unspecified atom stereocenters. The summed E-state index contributed by atoms with van der Waals surface area (Å²) in [7, 11) is 0. The van der Waals surface area contributed by atoms with E-state index in [2.05, 4.69) is 22.1 Å². The van der Waals surface area contributed by atoms with Crippen LogP contribution in [0, 0.1) is 0 Å². The van der Waals surface area contributed by atoms with E-state index in [1.807, 2.05) is 45.0 Å².